The molecule has 0 radical (unpaired) electrons. The molecule has 0 bridgehead atoms. The summed E-state index contributed by atoms with van der Waals surface area (Å²) in [7, 11) is 0. The summed E-state index contributed by atoms with van der Waals surface area (Å²) in [6.07, 6.45) is -4.29. The number of carbonyl (C=O) groups is 1. The first kappa shape index (κ1) is 17.7. The lowest BCUT2D eigenvalue weighted by Crippen LogP contribution is -2.50. The Morgan fingerprint density at radius 3 is 2.59 bits per heavy atom. The van der Waals surface area contributed by atoms with E-state index in [0.29, 0.717) is 6.54 Å². The van der Waals surface area contributed by atoms with Crippen molar-refractivity contribution in [1.82, 2.24) is 10.2 Å². The number of alkyl halides is 3. The summed E-state index contributed by atoms with van der Waals surface area (Å²) in [6.45, 7) is 3.22. The van der Waals surface area contributed by atoms with Crippen LogP contribution in [-0.4, -0.2) is 58.5 Å². The zero-order valence-electron chi connectivity index (χ0n) is 12.7. The number of aliphatic hydroxyl groups is 1. The second kappa shape index (κ2) is 6.86. The fourth-order valence-electron chi connectivity index (χ4n) is 3.04. The van der Waals surface area contributed by atoms with Crippen LogP contribution in [0.5, 0.6) is 0 Å². The number of halogens is 3. The second-order valence-electron chi connectivity index (χ2n) is 6.37. The maximum atomic E-state index is 12.5. The number of amides is 2. The molecule has 4 nitrogen and oxygen atoms in total. The molecule has 128 valence electrons. The SMILES string of the molecule is C[C@]1(CNC(=O)N2CCC([C@H](O)C(F)(F)F)CC2)CCCS1. The van der Waals surface area contributed by atoms with E-state index in [0.717, 1.165) is 18.6 Å². The molecular weight excluding hydrogens is 317 g/mol. The molecule has 0 unspecified atom stereocenters. The van der Waals surface area contributed by atoms with Gasteiger partial charge in [0.25, 0.3) is 0 Å². The van der Waals surface area contributed by atoms with E-state index in [4.69, 9.17) is 0 Å². The topological polar surface area (TPSA) is 52.6 Å². The lowest BCUT2D eigenvalue weighted by atomic mass is 9.91. The highest BCUT2D eigenvalue weighted by molar-refractivity contribution is 8.00. The van der Waals surface area contributed by atoms with Crippen LogP contribution in [0.15, 0.2) is 0 Å². The molecular formula is C14H23F3N2O2S. The summed E-state index contributed by atoms with van der Waals surface area (Å²) in [5, 5.41) is 12.2. The number of hydrogen-bond acceptors (Lipinski definition) is 3. The van der Waals surface area contributed by atoms with E-state index in [1.54, 1.807) is 4.90 Å². The standard InChI is InChI=1S/C14H23F3N2O2S/c1-13(5-2-8-22-13)9-18-12(21)19-6-3-10(4-7-19)11(20)14(15,16)17/h10-11,20H,2-9H2,1H3,(H,18,21)/t11-,13+/m0/s1. The number of aliphatic hydroxyl groups excluding tert-OH is 1. The third-order valence-corrected chi connectivity index (χ3v) is 6.06. The van der Waals surface area contributed by atoms with Crippen molar-refractivity contribution < 1.29 is 23.1 Å². The Morgan fingerprint density at radius 2 is 2.09 bits per heavy atom. The zero-order valence-corrected chi connectivity index (χ0v) is 13.5. The van der Waals surface area contributed by atoms with E-state index in [2.05, 4.69) is 12.2 Å². The molecule has 22 heavy (non-hydrogen) atoms. The Balaban J connectivity index is 1.75. The molecule has 0 spiro atoms. The van der Waals surface area contributed by atoms with Gasteiger partial charge in [-0.05, 0) is 44.3 Å². The van der Waals surface area contributed by atoms with E-state index < -0.39 is 18.2 Å². The minimum atomic E-state index is -4.58. The minimum Gasteiger partial charge on any atom is -0.383 e. The number of rotatable bonds is 3. The summed E-state index contributed by atoms with van der Waals surface area (Å²) in [4.78, 5) is 13.6. The summed E-state index contributed by atoms with van der Waals surface area (Å²) in [5.74, 6) is 0.291. The first-order chi connectivity index (χ1) is 10.2. The second-order valence-corrected chi connectivity index (χ2v) is 8.05. The number of likely N-dealkylation sites (tertiary alicyclic amines) is 1. The maximum absolute atomic E-state index is 12.5. The Hall–Kier alpha value is -0.630. The van der Waals surface area contributed by atoms with Gasteiger partial charge in [0.2, 0.25) is 0 Å². The van der Waals surface area contributed by atoms with Gasteiger partial charge >= 0.3 is 12.2 Å². The number of urea groups is 1. The molecule has 2 amide bonds. The van der Waals surface area contributed by atoms with Crippen LogP contribution in [0.25, 0.3) is 0 Å². The fraction of sp³-hybridized carbons (Fsp3) is 0.929. The lowest BCUT2D eigenvalue weighted by molar-refractivity contribution is -0.222. The van der Waals surface area contributed by atoms with Crippen molar-refractivity contribution in [1.29, 1.82) is 0 Å². The number of nitrogens with one attached hydrogen (secondary N) is 1. The van der Waals surface area contributed by atoms with Gasteiger partial charge in [0.15, 0.2) is 6.10 Å². The van der Waals surface area contributed by atoms with Gasteiger partial charge in [-0.15, -0.1) is 0 Å². The third-order valence-electron chi connectivity index (χ3n) is 4.52. The van der Waals surface area contributed by atoms with Crippen LogP contribution in [0, 0.1) is 5.92 Å². The van der Waals surface area contributed by atoms with Gasteiger partial charge in [0.05, 0.1) is 0 Å². The third kappa shape index (κ3) is 4.44. The van der Waals surface area contributed by atoms with Crippen LogP contribution in [0.1, 0.15) is 32.6 Å². The highest BCUT2D eigenvalue weighted by Gasteiger charge is 2.44. The Morgan fingerprint density at radius 1 is 1.45 bits per heavy atom. The summed E-state index contributed by atoms with van der Waals surface area (Å²) < 4.78 is 37.5. The smallest absolute Gasteiger partial charge is 0.383 e. The number of nitrogens with zero attached hydrogens (tertiary/aromatic N) is 1. The fourth-order valence-corrected chi connectivity index (χ4v) is 4.28. The van der Waals surface area contributed by atoms with Gasteiger partial charge in [-0.1, -0.05) is 0 Å². The van der Waals surface area contributed by atoms with Gasteiger partial charge < -0.3 is 15.3 Å². The molecule has 2 heterocycles. The molecule has 0 aromatic carbocycles. The monoisotopic (exact) mass is 340 g/mol. The van der Waals surface area contributed by atoms with Gasteiger partial charge in [0.1, 0.15) is 0 Å². The first-order valence-electron chi connectivity index (χ1n) is 7.63. The predicted octanol–water partition coefficient (Wildman–Crippen LogP) is 2.62. The lowest BCUT2D eigenvalue weighted by Gasteiger charge is -2.35. The van der Waals surface area contributed by atoms with Crippen molar-refractivity contribution in [3.63, 3.8) is 0 Å². The highest BCUT2D eigenvalue weighted by atomic mass is 32.2. The minimum absolute atomic E-state index is 0.0699. The maximum Gasteiger partial charge on any atom is 0.414 e. The van der Waals surface area contributed by atoms with E-state index in [9.17, 15) is 23.1 Å². The highest BCUT2D eigenvalue weighted by Crippen LogP contribution is 2.37. The average molecular weight is 340 g/mol. The molecule has 2 fully saturated rings. The molecule has 0 aromatic rings. The number of thioether (sulfide) groups is 1. The Labute approximate surface area is 132 Å². The number of piperidine rings is 1. The van der Waals surface area contributed by atoms with Gasteiger partial charge in [0, 0.05) is 24.4 Å². The molecule has 2 atom stereocenters. The summed E-state index contributed by atoms with van der Waals surface area (Å²) in [6, 6.07) is -0.214. The van der Waals surface area contributed by atoms with Gasteiger partial charge in [-0.25, -0.2) is 4.79 Å². The van der Waals surface area contributed by atoms with Crippen LogP contribution in [0.4, 0.5) is 18.0 Å². The first-order valence-corrected chi connectivity index (χ1v) is 8.61. The summed E-state index contributed by atoms with van der Waals surface area (Å²) in [5.41, 5.74) is 0. The van der Waals surface area contributed by atoms with Crippen LogP contribution in [0.2, 0.25) is 0 Å². The average Bonchev–Trinajstić information content (AvgIpc) is 2.90. The number of hydrogen-bond donors (Lipinski definition) is 2. The Bertz CT molecular complexity index is 392. The van der Waals surface area contributed by atoms with Crippen molar-refractivity contribution in [2.75, 3.05) is 25.4 Å². The number of carbonyl (C=O) groups excluding carboxylic acids is 1. The molecule has 2 aliphatic heterocycles. The molecule has 2 N–H and O–H groups in total. The normalized spacial score (nSPS) is 28.7. The quantitative estimate of drug-likeness (QED) is 0.830. The van der Waals surface area contributed by atoms with Crippen molar-refractivity contribution in [2.24, 2.45) is 5.92 Å². The zero-order chi connectivity index (χ0) is 16.4. The molecule has 8 heteroatoms. The predicted molar refractivity (Wildman–Crippen MR) is 79.9 cm³/mol. The van der Waals surface area contributed by atoms with Crippen molar-refractivity contribution in [3.8, 4) is 0 Å². The van der Waals surface area contributed by atoms with Crippen LogP contribution in [0.3, 0.4) is 0 Å². The van der Waals surface area contributed by atoms with Crippen molar-refractivity contribution >= 4 is 17.8 Å². The van der Waals surface area contributed by atoms with E-state index >= 15 is 0 Å². The van der Waals surface area contributed by atoms with Crippen molar-refractivity contribution in [2.45, 2.75) is 49.6 Å². The molecule has 0 aromatic heterocycles. The van der Waals surface area contributed by atoms with Crippen LogP contribution >= 0.6 is 11.8 Å². The molecule has 2 rings (SSSR count). The Kier molecular flexibility index (Phi) is 5.53. The largest absolute Gasteiger partial charge is 0.414 e. The molecule has 2 aliphatic rings. The summed E-state index contributed by atoms with van der Waals surface area (Å²) >= 11 is 1.85. The molecule has 0 aliphatic carbocycles. The van der Waals surface area contributed by atoms with Gasteiger partial charge in [-0.3, -0.25) is 0 Å². The van der Waals surface area contributed by atoms with Crippen LogP contribution < -0.4 is 5.32 Å². The van der Waals surface area contributed by atoms with Crippen molar-refractivity contribution in [3.05, 3.63) is 0 Å². The molecule has 2 saturated heterocycles. The van der Waals surface area contributed by atoms with E-state index in [1.807, 2.05) is 11.8 Å². The van der Waals surface area contributed by atoms with E-state index in [-0.39, 0.29) is 36.7 Å². The van der Waals surface area contributed by atoms with Gasteiger partial charge in [-0.2, -0.15) is 24.9 Å². The van der Waals surface area contributed by atoms with Crippen LogP contribution in [-0.2, 0) is 0 Å². The molecule has 0 saturated carbocycles. The van der Waals surface area contributed by atoms with E-state index in [1.165, 1.54) is 0 Å².